The van der Waals surface area contributed by atoms with Gasteiger partial charge in [-0.05, 0) is 47.9 Å². The number of hydrogen-bond donors (Lipinski definition) is 2. The molecule has 2 aromatic rings. The zero-order chi connectivity index (χ0) is 22.4. The van der Waals surface area contributed by atoms with E-state index in [1.807, 2.05) is 30.3 Å². The fourth-order valence-corrected chi connectivity index (χ4v) is 4.45. The number of benzene rings is 2. The third kappa shape index (κ3) is 5.15. The van der Waals surface area contributed by atoms with Crippen LogP contribution >= 0.6 is 0 Å². The van der Waals surface area contributed by atoms with Gasteiger partial charge in [0.05, 0.1) is 18.6 Å². The first-order valence-corrected chi connectivity index (χ1v) is 10.1. The number of aliphatic carboxylic acids is 2. The number of nitrogens with zero attached hydrogens (tertiary/aromatic N) is 1. The largest absolute Gasteiger partial charge is 0.493 e. The molecule has 1 unspecified atom stereocenters. The Labute approximate surface area is 180 Å². The summed E-state index contributed by atoms with van der Waals surface area (Å²) in [6.45, 7) is 0.323. The monoisotopic (exact) mass is 423 g/mol. The van der Waals surface area contributed by atoms with Gasteiger partial charge in [0.1, 0.15) is 6.61 Å². The molecule has 0 radical (unpaired) electrons. The Kier molecular flexibility index (Phi) is 6.81. The van der Waals surface area contributed by atoms with Crippen LogP contribution in [-0.2, 0) is 21.6 Å². The van der Waals surface area contributed by atoms with E-state index < -0.39 is 17.4 Å². The third-order valence-corrected chi connectivity index (χ3v) is 5.93. The van der Waals surface area contributed by atoms with E-state index in [-0.39, 0.29) is 37.5 Å². The molecule has 7 nitrogen and oxygen atoms in total. The van der Waals surface area contributed by atoms with Crippen LogP contribution in [0.5, 0.6) is 11.5 Å². The first-order chi connectivity index (χ1) is 14.9. The lowest BCUT2D eigenvalue weighted by molar-refractivity contribution is -0.141. The van der Waals surface area contributed by atoms with Crippen LogP contribution in [-0.4, -0.2) is 29.3 Å². The fourth-order valence-electron chi connectivity index (χ4n) is 4.45. The summed E-state index contributed by atoms with van der Waals surface area (Å²) in [5, 5.41) is 28.6. The second-order valence-electron chi connectivity index (χ2n) is 7.96. The van der Waals surface area contributed by atoms with Gasteiger partial charge in [-0.25, -0.2) is 0 Å². The van der Waals surface area contributed by atoms with Crippen molar-refractivity contribution in [3.05, 3.63) is 59.7 Å². The molecule has 2 aromatic carbocycles. The molecule has 1 aliphatic rings. The number of rotatable bonds is 9. The van der Waals surface area contributed by atoms with Crippen LogP contribution < -0.4 is 9.47 Å². The van der Waals surface area contributed by atoms with Crippen molar-refractivity contribution >= 4 is 11.9 Å². The topological polar surface area (TPSA) is 117 Å². The second kappa shape index (κ2) is 9.52. The molecule has 1 saturated carbocycles. The van der Waals surface area contributed by atoms with Crippen molar-refractivity contribution in [2.45, 2.75) is 37.7 Å². The minimum Gasteiger partial charge on any atom is -0.493 e. The van der Waals surface area contributed by atoms with Crippen molar-refractivity contribution in [1.29, 1.82) is 5.26 Å². The van der Waals surface area contributed by atoms with Crippen LogP contribution in [0.3, 0.4) is 0 Å². The van der Waals surface area contributed by atoms with Crippen molar-refractivity contribution in [2.75, 3.05) is 7.11 Å². The molecule has 3 atom stereocenters. The van der Waals surface area contributed by atoms with Gasteiger partial charge in [-0.1, -0.05) is 36.4 Å². The Balaban J connectivity index is 1.90. The van der Waals surface area contributed by atoms with E-state index in [0.29, 0.717) is 23.7 Å². The molecule has 0 heterocycles. The van der Waals surface area contributed by atoms with Crippen molar-refractivity contribution in [3.8, 4) is 17.6 Å². The van der Waals surface area contributed by atoms with E-state index in [9.17, 15) is 25.1 Å². The molecule has 31 heavy (non-hydrogen) atoms. The highest BCUT2D eigenvalue weighted by molar-refractivity contribution is 5.69. The van der Waals surface area contributed by atoms with Crippen molar-refractivity contribution in [2.24, 2.45) is 11.8 Å². The summed E-state index contributed by atoms with van der Waals surface area (Å²) >= 11 is 0. The summed E-state index contributed by atoms with van der Waals surface area (Å²) in [6.07, 6.45) is 0.264. The maximum atomic E-state index is 11.3. The minimum absolute atomic E-state index is 0.158. The van der Waals surface area contributed by atoms with Gasteiger partial charge in [-0.15, -0.1) is 0 Å². The number of ether oxygens (including phenoxy) is 2. The average molecular weight is 423 g/mol. The molecule has 2 N–H and O–H groups in total. The summed E-state index contributed by atoms with van der Waals surface area (Å²) < 4.78 is 11.4. The summed E-state index contributed by atoms with van der Waals surface area (Å²) in [7, 11) is 1.53. The molecule has 3 rings (SSSR count). The lowest BCUT2D eigenvalue weighted by Crippen LogP contribution is -2.21. The highest BCUT2D eigenvalue weighted by Crippen LogP contribution is 2.51. The Morgan fingerprint density at radius 3 is 2.16 bits per heavy atom. The van der Waals surface area contributed by atoms with Crippen LogP contribution in [0.2, 0.25) is 0 Å². The van der Waals surface area contributed by atoms with Crippen molar-refractivity contribution < 1.29 is 29.3 Å². The highest BCUT2D eigenvalue weighted by Gasteiger charge is 2.48. The van der Waals surface area contributed by atoms with Crippen LogP contribution in [0.4, 0.5) is 0 Å². The number of methoxy groups -OCH3 is 1. The molecule has 0 bridgehead atoms. The van der Waals surface area contributed by atoms with Crippen LogP contribution in [0, 0.1) is 23.2 Å². The Morgan fingerprint density at radius 1 is 1.03 bits per heavy atom. The van der Waals surface area contributed by atoms with Crippen molar-refractivity contribution in [3.63, 3.8) is 0 Å². The normalized spacial score (nSPS) is 22.5. The van der Waals surface area contributed by atoms with Crippen LogP contribution in [0.1, 0.15) is 36.8 Å². The fraction of sp³-hybridized carbons (Fsp3) is 0.375. The molecule has 0 amide bonds. The van der Waals surface area contributed by atoms with E-state index in [0.717, 1.165) is 5.56 Å². The maximum absolute atomic E-state index is 11.3. The zero-order valence-corrected chi connectivity index (χ0v) is 17.3. The number of hydrogen-bond acceptors (Lipinski definition) is 5. The number of carboxylic acid groups (broad SMARTS) is 2. The molecule has 0 spiro atoms. The van der Waals surface area contributed by atoms with E-state index in [4.69, 9.17) is 9.47 Å². The van der Waals surface area contributed by atoms with E-state index in [2.05, 4.69) is 6.07 Å². The van der Waals surface area contributed by atoms with Gasteiger partial charge in [0.15, 0.2) is 11.5 Å². The Bertz CT molecular complexity index is 957. The Morgan fingerprint density at radius 2 is 1.65 bits per heavy atom. The molecule has 1 fully saturated rings. The molecule has 0 aromatic heterocycles. The zero-order valence-electron chi connectivity index (χ0n) is 17.3. The number of carbonyl (C=O) groups is 2. The van der Waals surface area contributed by atoms with Gasteiger partial charge in [0.2, 0.25) is 0 Å². The molecule has 7 heteroatoms. The first kappa shape index (κ1) is 22.2. The van der Waals surface area contributed by atoms with Gasteiger partial charge in [0, 0.05) is 12.8 Å². The number of nitriles is 1. The molecular weight excluding hydrogens is 398 g/mol. The van der Waals surface area contributed by atoms with Gasteiger partial charge < -0.3 is 19.7 Å². The van der Waals surface area contributed by atoms with Gasteiger partial charge in [0.25, 0.3) is 0 Å². The maximum Gasteiger partial charge on any atom is 0.303 e. The van der Waals surface area contributed by atoms with Gasteiger partial charge >= 0.3 is 11.9 Å². The quantitative estimate of drug-likeness (QED) is 0.626. The summed E-state index contributed by atoms with van der Waals surface area (Å²) in [4.78, 5) is 22.6. The van der Waals surface area contributed by atoms with E-state index in [1.165, 1.54) is 7.11 Å². The average Bonchev–Trinajstić information content (AvgIpc) is 3.09. The standard InChI is InChI=1S/C24H25NO6/c1-30-20-8-7-19(11-21(20)31-14-16-5-3-2-4-6-16)24(15-25)12-17(9-22(26)27)18(13-24)10-23(28)29/h2-8,11,17-18H,9-10,12-14H2,1H3,(H,26,27)(H,28,29)/t17-,18+,24?. The van der Waals surface area contributed by atoms with Crippen molar-refractivity contribution in [1.82, 2.24) is 0 Å². The van der Waals surface area contributed by atoms with Gasteiger partial charge in [-0.3, -0.25) is 9.59 Å². The Hall–Kier alpha value is -3.53. The smallest absolute Gasteiger partial charge is 0.303 e. The molecular formula is C24H25NO6. The lowest BCUT2D eigenvalue weighted by atomic mass is 9.79. The minimum atomic E-state index is -0.990. The molecule has 0 saturated heterocycles. The first-order valence-electron chi connectivity index (χ1n) is 10.1. The van der Waals surface area contributed by atoms with E-state index in [1.54, 1.807) is 18.2 Å². The number of carboxylic acids is 2. The van der Waals surface area contributed by atoms with Crippen LogP contribution in [0.25, 0.3) is 0 Å². The van der Waals surface area contributed by atoms with E-state index >= 15 is 0 Å². The summed E-state index contributed by atoms with van der Waals surface area (Å²) in [6, 6.07) is 17.3. The summed E-state index contributed by atoms with van der Waals surface area (Å²) in [5.41, 5.74) is 0.688. The van der Waals surface area contributed by atoms with Gasteiger partial charge in [-0.2, -0.15) is 5.26 Å². The second-order valence-corrected chi connectivity index (χ2v) is 7.96. The van der Waals surface area contributed by atoms with Crippen LogP contribution in [0.15, 0.2) is 48.5 Å². The summed E-state index contributed by atoms with van der Waals surface area (Å²) in [5.74, 6) is -1.75. The predicted molar refractivity (Wildman–Crippen MR) is 112 cm³/mol. The SMILES string of the molecule is COc1ccc(C2(C#N)C[C@@H](CC(=O)O)[C@@H](CC(=O)O)C2)cc1OCc1ccccc1. The molecule has 162 valence electrons. The third-order valence-electron chi connectivity index (χ3n) is 5.93. The highest BCUT2D eigenvalue weighted by atomic mass is 16.5. The molecule has 0 aliphatic heterocycles. The lowest BCUT2D eigenvalue weighted by Gasteiger charge is -2.23. The predicted octanol–water partition coefficient (Wildman–Crippen LogP) is 4.01. The molecule has 1 aliphatic carbocycles.